The molecule has 0 atom stereocenters. The fourth-order valence-corrected chi connectivity index (χ4v) is 1.35. The topological polar surface area (TPSA) is 53.2 Å². The lowest BCUT2D eigenvalue weighted by Crippen LogP contribution is -2.27. The molecule has 0 unspecified atom stereocenters. The zero-order valence-electron chi connectivity index (χ0n) is 7.03. The van der Waals surface area contributed by atoms with Gasteiger partial charge in [0.25, 0.3) is 5.91 Å². The van der Waals surface area contributed by atoms with Gasteiger partial charge in [0.2, 0.25) is 0 Å². The van der Waals surface area contributed by atoms with Gasteiger partial charge in [0.05, 0.1) is 6.54 Å². The lowest BCUT2D eigenvalue weighted by molar-refractivity contribution is 0.0807. The second-order valence-corrected chi connectivity index (χ2v) is 3.27. The van der Waals surface area contributed by atoms with E-state index in [1.54, 1.807) is 7.05 Å². The van der Waals surface area contributed by atoms with Crippen LogP contribution in [-0.4, -0.2) is 29.4 Å². The Labute approximate surface area is 79.2 Å². The van der Waals surface area contributed by atoms with Crippen LogP contribution in [0.4, 0.5) is 0 Å². The van der Waals surface area contributed by atoms with E-state index in [1.807, 2.05) is 0 Å². The molecule has 1 rings (SSSR count). The number of hydrogen-bond acceptors (Lipinski definition) is 3. The molecule has 0 aliphatic heterocycles. The predicted octanol–water partition coefficient (Wildman–Crippen LogP) is 0.142. The van der Waals surface area contributed by atoms with Crippen LogP contribution in [0.1, 0.15) is 10.5 Å². The van der Waals surface area contributed by atoms with Crippen molar-refractivity contribution >= 4 is 17.2 Å². The maximum Gasteiger partial charge on any atom is 0.305 e. The average molecular weight is 196 g/mol. The SMILES string of the molecule is C#CCN(C)C(=O)c1csc(=O)[nH]1. The Bertz CT molecular complexity index is 399. The number of rotatable bonds is 2. The van der Waals surface area contributed by atoms with Gasteiger partial charge in [-0.1, -0.05) is 17.3 Å². The Hall–Kier alpha value is -1.54. The first-order valence-electron chi connectivity index (χ1n) is 3.52. The van der Waals surface area contributed by atoms with E-state index in [9.17, 15) is 9.59 Å². The lowest BCUT2D eigenvalue weighted by Gasteiger charge is -2.11. The molecular weight excluding hydrogens is 188 g/mol. The molecule has 1 aromatic heterocycles. The van der Waals surface area contributed by atoms with E-state index in [1.165, 1.54) is 10.3 Å². The maximum absolute atomic E-state index is 11.4. The van der Waals surface area contributed by atoms with E-state index in [-0.39, 0.29) is 23.0 Å². The fourth-order valence-electron chi connectivity index (χ4n) is 0.800. The van der Waals surface area contributed by atoms with Gasteiger partial charge in [-0.15, -0.1) is 6.42 Å². The number of nitrogens with one attached hydrogen (secondary N) is 1. The molecule has 0 aliphatic carbocycles. The summed E-state index contributed by atoms with van der Waals surface area (Å²) < 4.78 is 0. The van der Waals surface area contributed by atoms with Crippen LogP contribution in [0.2, 0.25) is 0 Å². The summed E-state index contributed by atoms with van der Waals surface area (Å²) in [6.45, 7) is 0.233. The monoisotopic (exact) mass is 196 g/mol. The molecule has 1 N–H and O–H groups in total. The molecule has 0 saturated carbocycles. The normalized spacial score (nSPS) is 9.23. The molecule has 13 heavy (non-hydrogen) atoms. The van der Waals surface area contributed by atoms with Crippen LogP contribution in [0.5, 0.6) is 0 Å². The fraction of sp³-hybridized carbons (Fsp3) is 0.250. The summed E-state index contributed by atoms with van der Waals surface area (Å²) in [6, 6.07) is 0. The zero-order valence-corrected chi connectivity index (χ0v) is 7.85. The van der Waals surface area contributed by atoms with Crippen LogP contribution in [0.3, 0.4) is 0 Å². The zero-order chi connectivity index (χ0) is 9.84. The summed E-state index contributed by atoms with van der Waals surface area (Å²) in [4.78, 5) is 25.7. The Balaban J connectivity index is 2.80. The molecular formula is C8H8N2O2S. The van der Waals surface area contributed by atoms with Gasteiger partial charge in [0.1, 0.15) is 5.69 Å². The summed E-state index contributed by atoms with van der Waals surface area (Å²) in [5, 5.41) is 1.48. The first-order valence-corrected chi connectivity index (χ1v) is 4.40. The Morgan fingerprint density at radius 2 is 2.54 bits per heavy atom. The number of aromatic nitrogens is 1. The molecule has 0 radical (unpaired) electrons. The van der Waals surface area contributed by atoms with Gasteiger partial charge in [-0.2, -0.15) is 0 Å². The van der Waals surface area contributed by atoms with Gasteiger partial charge < -0.3 is 9.88 Å². The van der Waals surface area contributed by atoms with Crippen LogP contribution < -0.4 is 4.87 Å². The smallest absolute Gasteiger partial charge is 0.305 e. The van der Waals surface area contributed by atoms with Crippen LogP contribution in [0, 0.1) is 12.3 Å². The summed E-state index contributed by atoms with van der Waals surface area (Å²) in [7, 11) is 1.58. The highest BCUT2D eigenvalue weighted by Crippen LogP contribution is 1.99. The molecule has 0 saturated heterocycles. The number of terminal acetylenes is 1. The molecule has 0 spiro atoms. The van der Waals surface area contributed by atoms with Crippen LogP contribution in [0.15, 0.2) is 10.2 Å². The van der Waals surface area contributed by atoms with Crippen molar-refractivity contribution in [2.75, 3.05) is 13.6 Å². The van der Waals surface area contributed by atoms with Gasteiger partial charge >= 0.3 is 4.87 Å². The van der Waals surface area contributed by atoms with Gasteiger partial charge in [0, 0.05) is 12.4 Å². The number of H-pyrrole nitrogens is 1. The van der Waals surface area contributed by atoms with Crippen molar-refractivity contribution in [1.82, 2.24) is 9.88 Å². The van der Waals surface area contributed by atoms with Gasteiger partial charge in [-0.05, 0) is 0 Å². The van der Waals surface area contributed by atoms with Crippen molar-refractivity contribution in [3.63, 3.8) is 0 Å². The standard InChI is InChI=1S/C8H8N2O2S/c1-3-4-10(2)7(11)6-5-13-8(12)9-6/h1,5H,4H2,2H3,(H,9,12). The number of carbonyl (C=O) groups is 1. The molecule has 1 heterocycles. The van der Waals surface area contributed by atoms with Crippen molar-refractivity contribution in [2.24, 2.45) is 0 Å². The van der Waals surface area contributed by atoms with Crippen molar-refractivity contribution < 1.29 is 4.79 Å². The second kappa shape index (κ2) is 3.92. The van der Waals surface area contributed by atoms with Crippen LogP contribution in [0.25, 0.3) is 0 Å². The molecule has 1 amide bonds. The number of thiazole rings is 1. The third-order valence-electron chi connectivity index (χ3n) is 1.43. The van der Waals surface area contributed by atoms with Gasteiger partial charge in [0.15, 0.2) is 0 Å². The van der Waals surface area contributed by atoms with Gasteiger partial charge in [-0.3, -0.25) is 9.59 Å². The molecule has 68 valence electrons. The first-order chi connectivity index (χ1) is 6.15. The molecule has 5 heteroatoms. The van der Waals surface area contributed by atoms with E-state index in [0.29, 0.717) is 0 Å². The number of hydrogen-bond donors (Lipinski definition) is 1. The van der Waals surface area contributed by atoms with Crippen molar-refractivity contribution in [1.29, 1.82) is 0 Å². The van der Waals surface area contributed by atoms with E-state index in [4.69, 9.17) is 6.42 Å². The first kappa shape index (κ1) is 9.55. The molecule has 0 aromatic carbocycles. The Morgan fingerprint density at radius 1 is 1.85 bits per heavy atom. The molecule has 4 nitrogen and oxygen atoms in total. The molecule has 0 aliphatic rings. The lowest BCUT2D eigenvalue weighted by atomic mass is 10.4. The Morgan fingerprint density at radius 3 is 3.00 bits per heavy atom. The number of nitrogens with zero attached hydrogens (tertiary/aromatic N) is 1. The highest BCUT2D eigenvalue weighted by Gasteiger charge is 2.11. The number of carbonyl (C=O) groups excluding carboxylic acids is 1. The maximum atomic E-state index is 11.4. The van der Waals surface area contributed by atoms with Gasteiger partial charge in [-0.25, -0.2) is 0 Å². The second-order valence-electron chi connectivity index (χ2n) is 2.43. The van der Waals surface area contributed by atoms with Crippen LogP contribution >= 0.6 is 11.3 Å². The highest BCUT2D eigenvalue weighted by atomic mass is 32.1. The summed E-state index contributed by atoms with van der Waals surface area (Å²) >= 11 is 0.958. The molecule has 0 bridgehead atoms. The third-order valence-corrected chi connectivity index (χ3v) is 2.10. The van der Waals surface area contributed by atoms with E-state index < -0.39 is 0 Å². The van der Waals surface area contributed by atoms with Crippen molar-refractivity contribution in [3.8, 4) is 12.3 Å². The Kier molecular flexibility index (Phi) is 2.88. The molecule has 0 fully saturated rings. The average Bonchev–Trinajstić information content (AvgIpc) is 2.51. The van der Waals surface area contributed by atoms with Crippen molar-refractivity contribution in [3.05, 3.63) is 20.7 Å². The minimum absolute atomic E-state index is 0.233. The van der Waals surface area contributed by atoms with Crippen molar-refractivity contribution in [2.45, 2.75) is 0 Å². The largest absolute Gasteiger partial charge is 0.329 e. The van der Waals surface area contributed by atoms with E-state index in [0.717, 1.165) is 11.3 Å². The third kappa shape index (κ3) is 2.20. The number of aromatic amines is 1. The number of amides is 1. The predicted molar refractivity (Wildman–Crippen MR) is 50.7 cm³/mol. The van der Waals surface area contributed by atoms with Crippen LogP contribution in [-0.2, 0) is 0 Å². The summed E-state index contributed by atoms with van der Waals surface area (Å²) in [6.07, 6.45) is 5.04. The van der Waals surface area contributed by atoms with E-state index in [2.05, 4.69) is 10.9 Å². The minimum atomic E-state index is -0.267. The molecule has 1 aromatic rings. The summed E-state index contributed by atoms with van der Waals surface area (Å²) in [5.74, 6) is 2.07. The van der Waals surface area contributed by atoms with E-state index >= 15 is 0 Å². The quantitative estimate of drug-likeness (QED) is 0.684. The minimum Gasteiger partial charge on any atom is -0.329 e. The highest BCUT2D eigenvalue weighted by molar-refractivity contribution is 7.07. The summed E-state index contributed by atoms with van der Waals surface area (Å²) in [5.41, 5.74) is 0.285.